The number of hydrogen-bond donors (Lipinski definition) is 2. The Kier molecular flexibility index (Phi) is 4.02. The molecule has 0 aromatic heterocycles. The number of benzene rings is 1. The smallest absolute Gasteiger partial charge is 0.480 e. The summed E-state index contributed by atoms with van der Waals surface area (Å²) in [5.74, 6) is -1.34. The first-order valence-corrected chi connectivity index (χ1v) is 5.80. The number of aliphatic carboxylic acids is 1. The van der Waals surface area contributed by atoms with Crippen LogP contribution in [0.1, 0.15) is 5.56 Å². The van der Waals surface area contributed by atoms with Crippen LogP contribution in [-0.4, -0.2) is 25.5 Å². The fraction of sp³-hybridized carbons (Fsp3) is 0.222. The van der Waals surface area contributed by atoms with Crippen molar-refractivity contribution in [2.24, 2.45) is 5.73 Å². The van der Waals surface area contributed by atoms with Crippen molar-refractivity contribution in [3.63, 3.8) is 0 Å². The van der Waals surface area contributed by atoms with E-state index in [1.54, 1.807) is 0 Å². The zero-order chi connectivity index (χ0) is 13.1. The van der Waals surface area contributed by atoms with Gasteiger partial charge < -0.3 is 15.0 Å². The van der Waals surface area contributed by atoms with Gasteiger partial charge in [0.05, 0.1) is 0 Å². The van der Waals surface area contributed by atoms with E-state index in [0.717, 1.165) is 0 Å². The van der Waals surface area contributed by atoms with Crippen molar-refractivity contribution < 1.29 is 26.4 Å². The molecular formula is C9H10FNO5S. The fourth-order valence-corrected chi connectivity index (χ4v) is 1.48. The highest BCUT2D eigenvalue weighted by atomic mass is 32.3. The summed E-state index contributed by atoms with van der Waals surface area (Å²) in [6, 6.07) is 4.18. The lowest BCUT2D eigenvalue weighted by atomic mass is 10.1. The second kappa shape index (κ2) is 5.11. The first-order chi connectivity index (χ1) is 7.78. The minimum absolute atomic E-state index is 0.0813. The standard InChI is InChI=1S/C9H10FNO5S/c10-17(14,15)16-7-3-1-6(2-4-7)5-8(11)9(12)13/h1-4,8H,5,11H2,(H,12,13)/t8-/m1/s1. The molecule has 1 rings (SSSR count). The zero-order valence-corrected chi connectivity index (χ0v) is 9.35. The van der Waals surface area contributed by atoms with Crippen molar-refractivity contribution in [3.8, 4) is 5.75 Å². The van der Waals surface area contributed by atoms with Crippen LogP contribution in [-0.2, 0) is 21.7 Å². The van der Waals surface area contributed by atoms with Crippen LogP contribution in [0.3, 0.4) is 0 Å². The van der Waals surface area contributed by atoms with Crippen LogP contribution in [0.25, 0.3) is 0 Å². The van der Waals surface area contributed by atoms with Crippen molar-refractivity contribution in [1.29, 1.82) is 0 Å². The SMILES string of the molecule is N[C@H](Cc1ccc(OS(=O)(=O)F)cc1)C(=O)O. The number of carboxylic acids is 1. The van der Waals surface area contributed by atoms with Gasteiger partial charge in [0.2, 0.25) is 0 Å². The molecule has 0 heterocycles. The second-order valence-corrected chi connectivity index (χ2v) is 4.22. The molecule has 1 atom stereocenters. The molecule has 0 aliphatic carbocycles. The molecule has 0 saturated carbocycles. The van der Waals surface area contributed by atoms with Crippen molar-refractivity contribution in [1.82, 2.24) is 0 Å². The van der Waals surface area contributed by atoms with Crippen LogP contribution < -0.4 is 9.92 Å². The average molecular weight is 263 g/mol. The predicted molar refractivity (Wildman–Crippen MR) is 56.4 cm³/mol. The second-order valence-electron chi connectivity index (χ2n) is 3.27. The predicted octanol–water partition coefficient (Wildman–Crippen LogP) is 0.234. The summed E-state index contributed by atoms with van der Waals surface area (Å²) < 4.78 is 36.4. The van der Waals surface area contributed by atoms with Gasteiger partial charge in [0.25, 0.3) is 0 Å². The molecule has 0 spiro atoms. The van der Waals surface area contributed by atoms with Crippen molar-refractivity contribution >= 4 is 16.5 Å². The normalized spacial score (nSPS) is 13.1. The van der Waals surface area contributed by atoms with Gasteiger partial charge in [-0.15, -0.1) is 0 Å². The summed E-state index contributed by atoms with van der Waals surface area (Å²) in [5.41, 5.74) is 5.87. The maximum absolute atomic E-state index is 12.1. The molecule has 1 aromatic rings. The lowest BCUT2D eigenvalue weighted by Gasteiger charge is -2.06. The molecule has 0 aliphatic heterocycles. The minimum Gasteiger partial charge on any atom is -0.480 e. The van der Waals surface area contributed by atoms with E-state index in [9.17, 15) is 17.1 Å². The molecule has 0 aliphatic rings. The molecule has 3 N–H and O–H groups in total. The van der Waals surface area contributed by atoms with Gasteiger partial charge in [-0.1, -0.05) is 16.0 Å². The molecule has 6 nitrogen and oxygen atoms in total. The number of halogens is 1. The monoisotopic (exact) mass is 263 g/mol. The molecule has 8 heteroatoms. The number of hydrogen-bond acceptors (Lipinski definition) is 5. The third-order valence-corrected chi connectivity index (χ3v) is 2.28. The highest BCUT2D eigenvalue weighted by molar-refractivity contribution is 7.81. The van der Waals surface area contributed by atoms with Crippen LogP contribution in [0.4, 0.5) is 3.89 Å². The van der Waals surface area contributed by atoms with Gasteiger partial charge in [-0.2, -0.15) is 8.42 Å². The van der Waals surface area contributed by atoms with E-state index in [0.29, 0.717) is 5.56 Å². The Morgan fingerprint density at radius 2 is 1.94 bits per heavy atom. The van der Waals surface area contributed by atoms with Gasteiger partial charge in [-0.25, -0.2) is 0 Å². The van der Waals surface area contributed by atoms with Crippen molar-refractivity contribution in [2.45, 2.75) is 12.5 Å². The highest BCUT2D eigenvalue weighted by Gasteiger charge is 2.13. The van der Waals surface area contributed by atoms with Crippen LogP contribution in [0.15, 0.2) is 24.3 Å². The average Bonchev–Trinajstić information content (AvgIpc) is 2.18. The van der Waals surface area contributed by atoms with Gasteiger partial charge in [0.1, 0.15) is 11.8 Å². The van der Waals surface area contributed by atoms with Gasteiger partial charge in [0.15, 0.2) is 0 Å². The third-order valence-electron chi connectivity index (χ3n) is 1.89. The Labute approximate surface area is 97.2 Å². The minimum atomic E-state index is -5.05. The summed E-state index contributed by atoms with van der Waals surface area (Å²) in [6.45, 7) is 0. The molecule has 0 amide bonds. The summed E-state index contributed by atoms with van der Waals surface area (Å²) >= 11 is 0. The number of nitrogens with two attached hydrogens (primary N) is 1. The topological polar surface area (TPSA) is 107 Å². The summed E-state index contributed by atoms with van der Waals surface area (Å²) in [5, 5.41) is 8.57. The molecule has 94 valence electrons. The van der Waals surface area contributed by atoms with E-state index in [-0.39, 0.29) is 12.2 Å². The van der Waals surface area contributed by atoms with Crippen molar-refractivity contribution in [3.05, 3.63) is 29.8 Å². The third kappa shape index (κ3) is 4.79. The summed E-state index contributed by atoms with van der Waals surface area (Å²) in [7, 11) is -5.05. The molecule has 0 unspecified atom stereocenters. The van der Waals surface area contributed by atoms with Gasteiger partial charge >= 0.3 is 16.5 Å². The van der Waals surface area contributed by atoms with Gasteiger partial charge in [-0.3, -0.25) is 4.79 Å². The van der Waals surface area contributed by atoms with E-state index in [1.165, 1.54) is 24.3 Å². The molecule has 1 aromatic carbocycles. The molecular weight excluding hydrogens is 253 g/mol. The van der Waals surface area contributed by atoms with E-state index in [2.05, 4.69) is 4.18 Å². The van der Waals surface area contributed by atoms with Crippen LogP contribution in [0, 0.1) is 0 Å². The lowest BCUT2D eigenvalue weighted by Crippen LogP contribution is -2.32. The first-order valence-electron chi connectivity index (χ1n) is 4.49. The number of carboxylic acid groups (broad SMARTS) is 1. The first kappa shape index (κ1) is 13.4. The van der Waals surface area contributed by atoms with Crippen LogP contribution >= 0.6 is 0 Å². The molecule has 0 radical (unpaired) electrons. The Morgan fingerprint density at radius 3 is 2.35 bits per heavy atom. The number of rotatable bonds is 5. The quantitative estimate of drug-likeness (QED) is 0.737. The highest BCUT2D eigenvalue weighted by Crippen LogP contribution is 2.15. The molecule has 0 fully saturated rings. The summed E-state index contributed by atoms with van der Waals surface area (Å²) in [6.07, 6.45) is 0.0813. The molecule has 0 bridgehead atoms. The zero-order valence-electron chi connectivity index (χ0n) is 8.54. The maximum Gasteiger partial charge on any atom is 0.488 e. The van der Waals surface area contributed by atoms with Gasteiger partial charge in [-0.05, 0) is 24.1 Å². The Balaban J connectivity index is 2.72. The largest absolute Gasteiger partial charge is 0.488 e. The van der Waals surface area contributed by atoms with Gasteiger partial charge in [0, 0.05) is 0 Å². The summed E-state index contributed by atoms with van der Waals surface area (Å²) in [4.78, 5) is 10.5. The van der Waals surface area contributed by atoms with E-state index >= 15 is 0 Å². The van der Waals surface area contributed by atoms with E-state index in [4.69, 9.17) is 10.8 Å². The molecule has 17 heavy (non-hydrogen) atoms. The van der Waals surface area contributed by atoms with Crippen LogP contribution in [0.2, 0.25) is 0 Å². The van der Waals surface area contributed by atoms with E-state index in [1.807, 2.05) is 0 Å². The Hall–Kier alpha value is -1.67. The maximum atomic E-state index is 12.1. The van der Waals surface area contributed by atoms with E-state index < -0.39 is 22.5 Å². The fourth-order valence-electron chi connectivity index (χ4n) is 1.14. The lowest BCUT2D eigenvalue weighted by molar-refractivity contribution is -0.138. The molecule has 0 saturated heterocycles. The number of carbonyl (C=O) groups is 1. The van der Waals surface area contributed by atoms with Crippen LogP contribution in [0.5, 0.6) is 5.75 Å². The Morgan fingerprint density at radius 1 is 1.41 bits per heavy atom. The van der Waals surface area contributed by atoms with Crippen molar-refractivity contribution in [2.75, 3.05) is 0 Å². The Bertz CT molecular complexity index is 499.